The van der Waals surface area contributed by atoms with Gasteiger partial charge in [0.1, 0.15) is 11.6 Å². The molecule has 0 atom stereocenters. The van der Waals surface area contributed by atoms with Crippen molar-refractivity contribution in [3.05, 3.63) is 42.1 Å². The van der Waals surface area contributed by atoms with Crippen LogP contribution in [0, 0.1) is 6.92 Å². The molecule has 23 heavy (non-hydrogen) atoms. The summed E-state index contributed by atoms with van der Waals surface area (Å²) >= 11 is 0. The molecule has 0 amide bonds. The zero-order chi connectivity index (χ0) is 16.1. The summed E-state index contributed by atoms with van der Waals surface area (Å²) < 4.78 is 1.97. The number of imidazole rings is 1. The highest BCUT2D eigenvalue weighted by molar-refractivity contribution is 5.79. The van der Waals surface area contributed by atoms with E-state index in [2.05, 4.69) is 31.7 Å². The molecule has 0 aromatic carbocycles. The third-order valence-corrected chi connectivity index (χ3v) is 4.26. The van der Waals surface area contributed by atoms with Crippen molar-refractivity contribution in [1.29, 1.82) is 0 Å². The second-order valence-electron chi connectivity index (χ2n) is 5.92. The molecular formula is C17H24N6. The molecule has 0 aliphatic heterocycles. The normalized spacial score (nSPS) is 15.8. The average molecular weight is 312 g/mol. The van der Waals surface area contributed by atoms with Gasteiger partial charge < -0.3 is 10.6 Å². The average Bonchev–Trinajstić information content (AvgIpc) is 3.23. The molecule has 6 nitrogen and oxygen atoms in total. The monoisotopic (exact) mass is 312 g/mol. The van der Waals surface area contributed by atoms with Gasteiger partial charge in [-0.2, -0.15) is 0 Å². The lowest BCUT2D eigenvalue weighted by Gasteiger charge is -2.16. The number of aliphatic imine (C=N–C) groups is 1. The molecule has 6 heteroatoms. The summed E-state index contributed by atoms with van der Waals surface area (Å²) in [6, 6.07) is 4.65. The highest BCUT2D eigenvalue weighted by atomic mass is 15.2. The van der Waals surface area contributed by atoms with E-state index in [1.54, 1.807) is 6.20 Å². The Morgan fingerprint density at radius 2 is 2.13 bits per heavy atom. The number of nitrogens with one attached hydrogen (secondary N) is 2. The molecule has 0 radical (unpaired) electrons. The van der Waals surface area contributed by atoms with Gasteiger partial charge in [0.2, 0.25) is 0 Å². The van der Waals surface area contributed by atoms with Crippen LogP contribution in [-0.4, -0.2) is 33.6 Å². The van der Waals surface area contributed by atoms with Gasteiger partial charge in [-0.25, -0.2) is 9.97 Å². The molecule has 0 saturated heterocycles. The van der Waals surface area contributed by atoms with Gasteiger partial charge in [-0.3, -0.25) is 9.56 Å². The fourth-order valence-electron chi connectivity index (χ4n) is 2.93. The predicted molar refractivity (Wildman–Crippen MR) is 91.7 cm³/mol. The second kappa shape index (κ2) is 7.26. The van der Waals surface area contributed by atoms with Gasteiger partial charge in [0.25, 0.3) is 0 Å². The molecule has 2 heterocycles. The summed E-state index contributed by atoms with van der Waals surface area (Å²) in [6.07, 6.45) is 10.7. The van der Waals surface area contributed by atoms with Crippen molar-refractivity contribution in [2.45, 2.75) is 45.2 Å². The smallest absolute Gasteiger partial charge is 0.191 e. The quantitative estimate of drug-likeness (QED) is 0.671. The van der Waals surface area contributed by atoms with Crippen molar-refractivity contribution in [1.82, 2.24) is 25.2 Å². The SMILES string of the molecule is CN=C(NCc1ccc(-n2ccnc2C)nc1)NC1CCCC1. The number of rotatable bonds is 4. The first-order chi connectivity index (χ1) is 11.3. The first-order valence-electron chi connectivity index (χ1n) is 8.18. The number of aromatic nitrogens is 3. The molecule has 2 aromatic heterocycles. The highest BCUT2D eigenvalue weighted by Gasteiger charge is 2.15. The molecule has 1 aliphatic carbocycles. The van der Waals surface area contributed by atoms with E-state index in [4.69, 9.17) is 0 Å². The largest absolute Gasteiger partial charge is 0.354 e. The Bertz CT molecular complexity index is 652. The van der Waals surface area contributed by atoms with E-state index in [0.29, 0.717) is 12.6 Å². The van der Waals surface area contributed by atoms with Crippen LogP contribution in [0.25, 0.3) is 5.82 Å². The van der Waals surface area contributed by atoms with Crippen LogP contribution in [0.1, 0.15) is 37.1 Å². The summed E-state index contributed by atoms with van der Waals surface area (Å²) in [5.41, 5.74) is 1.13. The number of aryl methyl sites for hydroxylation is 1. The van der Waals surface area contributed by atoms with E-state index in [1.807, 2.05) is 37.0 Å². The van der Waals surface area contributed by atoms with E-state index < -0.39 is 0 Å². The van der Waals surface area contributed by atoms with Crippen molar-refractivity contribution in [3.8, 4) is 5.82 Å². The van der Waals surface area contributed by atoms with Crippen LogP contribution in [0.4, 0.5) is 0 Å². The third-order valence-electron chi connectivity index (χ3n) is 4.26. The molecule has 3 rings (SSSR count). The molecule has 1 saturated carbocycles. The van der Waals surface area contributed by atoms with E-state index in [1.165, 1.54) is 25.7 Å². The van der Waals surface area contributed by atoms with Crippen LogP contribution in [0.15, 0.2) is 35.7 Å². The minimum atomic E-state index is 0.561. The standard InChI is InChI=1S/C17H24N6/c1-13-19-9-10-23(13)16-8-7-14(11-20-16)12-21-17(18-2)22-15-5-3-4-6-15/h7-11,15H,3-6,12H2,1-2H3,(H2,18,21,22). The zero-order valence-corrected chi connectivity index (χ0v) is 13.8. The minimum absolute atomic E-state index is 0.561. The molecule has 0 bridgehead atoms. The fourth-order valence-corrected chi connectivity index (χ4v) is 2.93. The van der Waals surface area contributed by atoms with E-state index in [9.17, 15) is 0 Å². The maximum Gasteiger partial charge on any atom is 0.191 e. The maximum atomic E-state index is 4.51. The Morgan fingerprint density at radius 1 is 1.30 bits per heavy atom. The molecule has 0 unspecified atom stereocenters. The van der Waals surface area contributed by atoms with E-state index in [-0.39, 0.29) is 0 Å². The summed E-state index contributed by atoms with van der Waals surface area (Å²) in [5.74, 6) is 2.69. The van der Waals surface area contributed by atoms with Crippen molar-refractivity contribution in [2.24, 2.45) is 4.99 Å². The lowest BCUT2D eigenvalue weighted by molar-refractivity contribution is 0.613. The molecule has 2 N–H and O–H groups in total. The summed E-state index contributed by atoms with van der Waals surface area (Å²) in [4.78, 5) is 13.0. The molecular weight excluding hydrogens is 288 g/mol. The Labute approximate surface area is 137 Å². The number of hydrogen-bond acceptors (Lipinski definition) is 3. The van der Waals surface area contributed by atoms with Gasteiger partial charge in [0.05, 0.1) is 0 Å². The zero-order valence-electron chi connectivity index (χ0n) is 13.8. The molecule has 0 spiro atoms. The number of pyridine rings is 1. The Hall–Kier alpha value is -2.37. The van der Waals surface area contributed by atoms with Crippen LogP contribution in [0.3, 0.4) is 0 Å². The number of guanidine groups is 1. The van der Waals surface area contributed by atoms with Gasteiger partial charge in [-0.05, 0) is 31.4 Å². The summed E-state index contributed by atoms with van der Waals surface area (Å²) in [7, 11) is 1.81. The van der Waals surface area contributed by atoms with Gasteiger partial charge in [-0.15, -0.1) is 0 Å². The fraction of sp³-hybridized carbons (Fsp3) is 0.471. The van der Waals surface area contributed by atoms with Crippen molar-refractivity contribution < 1.29 is 0 Å². The summed E-state index contributed by atoms with van der Waals surface area (Å²) in [6.45, 7) is 2.68. The molecule has 1 aliphatic rings. The predicted octanol–water partition coefficient (Wildman–Crippen LogP) is 2.18. The van der Waals surface area contributed by atoms with Crippen LogP contribution < -0.4 is 10.6 Å². The first kappa shape index (κ1) is 15.5. The second-order valence-corrected chi connectivity index (χ2v) is 5.92. The number of hydrogen-bond donors (Lipinski definition) is 2. The Kier molecular flexibility index (Phi) is 4.90. The Morgan fingerprint density at radius 3 is 2.74 bits per heavy atom. The van der Waals surface area contributed by atoms with Gasteiger partial charge in [0.15, 0.2) is 5.96 Å². The van der Waals surface area contributed by atoms with E-state index >= 15 is 0 Å². The third kappa shape index (κ3) is 3.88. The Balaban J connectivity index is 1.56. The van der Waals surface area contributed by atoms with Gasteiger partial charge >= 0.3 is 0 Å². The van der Waals surface area contributed by atoms with E-state index in [0.717, 1.165) is 23.2 Å². The van der Waals surface area contributed by atoms with Crippen molar-refractivity contribution in [2.75, 3.05) is 7.05 Å². The highest BCUT2D eigenvalue weighted by Crippen LogP contribution is 2.17. The van der Waals surface area contributed by atoms with Gasteiger partial charge in [0, 0.05) is 38.2 Å². The van der Waals surface area contributed by atoms with Crippen molar-refractivity contribution >= 4 is 5.96 Å². The first-order valence-corrected chi connectivity index (χ1v) is 8.18. The lowest BCUT2D eigenvalue weighted by atomic mass is 10.2. The maximum absolute atomic E-state index is 4.51. The number of nitrogens with zero attached hydrogens (tertiary/aromatic N) is 4. The van der Waals surface area contributed by atoms with Crippen molar-refractivity contribution in [3.63, 3.8) is 0 Å². The molecule has 1 fully saturated rings. The topological polar surface area (TPSA) is 67.1 Å². The van der Waals surface area contributed by atoms with Crippen LogP contribution >= 0.6 is 0 Å². The van der Waals surface area contributed by atoms with Crippen LogP contribution in [-0.2, 0) is 6.54 Å². The summed E-state index contributed by atoms with van der Waals surface area (Å²) in [5, 5.41) is 6.84. The molecule has 2 aromatic rings. The lowest BCUT2D eigenvalue weighted by Crippen LogP contribution is -2.41. The van der Waals surface area contributed by atoms with Gasteiger partial charge in [-0.1, -0.05) is 18.9 Å². The van der Waals surface area contributed by atoms with Crippen LogP contribution in [0.5, 0.6) is 0 Å². The minimum Gasteiger partial charge on any atom is -0.354 e. The van der Waals surface area contributed by atoms with Crippen LogP contribution in [0.2, 0.25) is 0 Å². The molecule has 122 valence electrons.